The molecule has 2 rings (SSSR count). The van der Waals surface area contributed by atoms with Crippen LogP contribution in [-0.2, 0) is 20.7 Å². The quantitative estimate of drug-likeness (QED) is 0.859. The summed E-state index contributed by atoms with van der Waals surface area (Å²) in [5.74, 6) is 1.43. The fraction of sp³-hybridized carbons (Fsp3) is 0.571. The summed E-state index contributed by atoms with van der Waals surface area (Å²) in [4.78, 5) is 0.319. The third-order valence-corrected chi connectivity index (χ3v) is 8.05. The van der Waals surface area contributed by atoms with Gasteiger partial charge in [-0.2, -0.15) is 8.42 Å². The van der Waals surface area contributed by atoms with Gasteiger partial charge in [0.25, 0.3) is 10.0 Å². The second-order valence-electron chi connectivity index (χ2n) is 5.39. The average molecular weight is 299 g/mol. The lowest BCUT2D eigenvalue weighted by Crippen LogP contribution is -2.17. The Morgan fingerprint density at radius 1 is 1.26 bits per heavy atom. The van der Waals surface area contributed by atoms with Crippen LogP contribution in [0.2, 0.25) is 0 Å². The molecule has 1 aromatic rings. The van der Waals surface area contributed by atoms with Gasteiger partial charge in [-0.3, -0.25) is 0 Å². The maximum absolute atomic E-state index is 12.3. The van der Waals surface area contributed by atoms with E-state index in [2.05, 4.69) is 17.6 Å². The third-order valence-electron chi connectivity index (χ3n) is 3.45. The third kappa shape index (κ3) is 3.45. The summed E-state index contributed by atoms with van der Waals surface area (Å²) in [6, 6.07) is 6.94. The van der Waals surface area contributed by atoms with Gasteiger partial charge in [-0.1, -0.05) is 42.2 Å². The van der Waals surface area contributed by atoms with Gasteiger partial charge in [0.15, 0.2) is 0 Å². The molecule has 0 amide bonds. The highest BCUT2D eigenvalue weighted by Gasteiger charge is 2.26. The van der Waals surface area contributed by atoms with Gasteiger partial charge in [0, 0.05) is 11.0 Å². The molecule has 0 aliphatic carbocycles. The van der Waals surface area contributed by atoms with Crippen molar-refractivity contribution in [3.05, 3.63) is 29.8 Å². The number of hydrogen-bond donors (Lipinski definition) is 0. The Labute approximate surface area is 118 Å². The lowest BCUT2D eigenvalue weighted by atomic mass is 10.1. The molecule has 1 fully saturated rings. The van der Waals surface area contributed by atoms with E-state index in [1.54, 1.807) is 12.1 Å². The maximum atomic E-state index is 12.3. The molecule has 1 aromatic carbocycles. The Balaban J connectivity index is 2.33. The smallest absolute Gasteiger partial charge is 0.199 e. The number of rotatable bonds is 3. The van der Waals surface area contributed by atoms with E-state index in [9.17, 15) is 8.42 Å². The Morgan fingerprint density at radius 2 is 1.89 bits per heavy atom. The summed E-state index contributed by atoms with van der Waals surface area (Å²) in [5, 5.41) is 0.431. The van der Waals surface area contributed by atoms with Crippen LogP contribution >= 0.6 is 0 Å². The van der Waals surface area contributed by atoms with Gasteiger partial charge in [0.05, 0.1) is 4.90 Å². The molecule has 1 aliphatic heterocycles. The summed E-state index contributed by atoms with van der Waals surface area (Å²) in [5.41, 5.74) is 1.06. The summed E-state index contributed by atoms with van der Waals surface area (Å²) < 4.78 is 28.8. The van der Waals surface area contributed by atoms with E-state index in [1.165, 1.54) is 0 Å². The van der Waals surface area contributed by atoms with Crippen molar-refractivity contribution in [2.75, 3.05) is 5.75 Å². The van der Waals surface area contributed by atoms with Gasteiger partial charge >= 0.3 is 0 Å². The van der Waals surface area contributed by atoms with Gasteiger partial charge in [0.1, 0.15) is 0 Å². The van der Waals surface area contributed by atoms with E-state index in [0.717, 1.165) is 24.2 Å². The molecular formula is C14H21NO2S2. The van der Waals surface area contributed by atoms with E-state index in [4.69, 9.17) is 0 Å². The largest absolute Gasteiger partial charge is 0.287 e. The zero-order valence-electron chi connectivity index (χ0n) is 11.7. The highest BCUT2D eigenvalue weighted by molar-refractivity contribution is 8.00. The highest BCUT2D eigenvalue weighted by Crippen LogP contribution is 2.27. The molecule has 2 atom stereocenters. The maximum Gasteiger partial charge on any atom is 0.287 e. The molecule has 5 heteroatoms. The Morgan fingerprint density at radius 3 is 2.47 bits per heavy atom. The van der Waals surface area contributed by atoms with Crippen molar-refractivity contribution in [1.82, 2.24) is 0 Å². The van der Waals surface area contributed by atoms with Gasteiger partial charge in [0.2, 0.25) is 0 Å². The SMILES string of the molecule is Cc1ccc(S(=O)(=O)N=S2CCC[C@H]2C(C)C)cc1. The monoisotopic (exact) mass is 299 g/mol. The number of benzene rings is 1. The minimum atomic E-state index is -3.49. The molecule has 1 heterocycles. The first-order valence-corrected chi connectivity index (χ1v) is 9.50. The first-order valence-electron chi connectivity index (χ1n) is 6.64. The van der Waals surface area contributed by atoms with Gasteiger partial charge in [-0.25, -0.2) is 0 Å². The molecule has 1 saturated heterocycles. The van der Waals surface area contributed by atoms with Crippen LogP contribution in [0.15, 0.2) is 32.9 Å². The van der Waals surface area contributed by atoms with Gasteiger partial charge in [-0.05, 0) is 37.8 Å². The van der Waals surface area contributed by atoms with Crippen LogP contribution in [0.1, 0.15) is 32.3 Å². The second kappa shape index (κ2) is 5.75. The van der Waals surface area contributed by atoms with E-state index in [0.29, 0.717) is 16.1 Å². The van der Waals surface area contributed by atoms with Crippen LogP contribution in [-0.4, -0.2) is 19.4 Å². The van der Waals surface area contributed by atoms with E-state index in [1.807, 2.05) is 19.1 Å². The number of hydrogen-bond acceptors (Lipinski definition) is 2. The molecule has 0 N–H and O–H groups in total. The average Bonchev–Trinajstić information content (AvgIpc) is 2.77. The molecule has 19 heavy (non-hydrogen) atoms. The van der Waals surface area contributed by atoms with Crippen molar-refractivity contribution in [2.24, 2.45) is 9.69 Å². The lowest BCUT2D eigenvalue weighted by molar-refractivity contribution is 0.584. The number of nitrogens with zero attached hydrogens (tertiary/aromatic N) is 1. The summed E-state index contributed by atoms with van der Waals surface area (Å²) in [6.45, 7) is 6.26. The van der Waals surface area contributed by atoms with Crippen LogP contribution in [0.5, 0.6) is 0 Å². The van der Waals surface area contributed by atoms with E-state index in [-0.39, 0.29) is 10.7 Å². The van der Waals surface area contributed by atoms with Crippen molar-refractivity contribution >= 4 is 20.7 Å². The van der Waals surface area contributed by atoms with Crippen molar-refractivity contribution in [1.29, 1.82) is 0 Å². The minimum absolute atomic E-state index is 0.319. The standard InChI is InChI=1S/C14H21NO2S2/c1-11(2)14-5-4-10-18(14)15-19(16,17)13-8-6-12(3)7-9-13/h6-9,11,14H,4-5,10H2,1-3H3/t14-,18?/m0/s1. The van der Waals surface area contributed by atoms with Gasteiger partial charge < -0.3 is 0 Å². The van der Waals surface area contributed by atoms with E-state index < -0.39 is 10.0 Å². The Bertz CT molecular complexity index is 574. The Hall–Kier alpha value is -0.680. The molecule has 0 radical (unpaired) electrons. The highest BCUT2D eigenvalue weighted by atomic mass is 32.3. The first kappa shape index (κ1) is 14.7. The second-order valence-corrected chi connectivity index (χ2v) is 9.23. The summed E-state index contributed by atoms with van der Waals surface area (Å²) in [6.07, 6.45) is 2.20. The first-order chi connectivity index (χ1) is 8.90. The molecular weight excluding hydrogens is 278 g/mol. The zero-order chi connectivity index (χ0) is 14.0. The van der Waals surface area contributed by atoms with Gasteiger partial charge in [-0.15, -0.1) is 3.77 Å². The molecule has 0 bridgehead atoms. The van der Waals surface area contributed by atoms with Crippen LogP contribution < -0.4 is 0 Å². The molecule has 1 unspecified atom stereocenters. The fourth-order valence-electron chi connectivity index (χ4n) is 2.34. The fourth-order valence-corrected chi connectivity index (χ4v) is 6.74. The van der Waals surface area contributed by atoms with Crippen molar-refractivity contribution in [2.45, 2.75) is 43.8 Å². The lowest BCUT2D eigenvalue weighted by Gasteiger charge is -2.15. The zero-order valence-corrected chi connectivity index (χ0v) is 13.3. The van der Waals surface area contributed by atoms with Crippen molar-refractivity contribution < 1.29 is 8.42 Å². The molecule has 0 saturated carbocycles. The topological polar surface area (TPSA) is 46.5 Å². The number of aryl methyl sites for hydroxylation is 1. The summed E-state index contributed by atoms with van der Waals surface area (Å²) >= 11 is 0. The predicted octanol–water partition coefficient (Wildman–Crippen LogP) is 3.30. The molecule has 106 valence electrons. The minimum Gasteiger partial charge on any atom is -0.199 e. The van der Waals surface area contributed by atoms with Crippen LogP contribution in [0.25, 0.3) is 0 Å². The predicted molar refractivity (Wildman–Crippen MR) is 80.9 cm³/mol. The Kier molecular flexibility index (Phi) is 4.46. The molecule has 3 nitrogen and oxygen atoms in total. The van der Waals surface area contributed by atoms with Crippen LogP contribution in [0.3, 0.4) is 0 Å². The molecule has 0 spiro atoms. The molecule has 0 aromatic heterocycles. The number of sulfonamides is 1. The van der Waals surface area contributed by atoms with Crippen LogP contribution in [0, 0.1) is 12.8 Å². The van der Waals surface area contributed by atoms with Crippen molar-refractivity contribution in [3.8, 4) is 0 Å². The normalized spacial score (nSPS) is 24.2. The summed E-state index contributed by atoms with van der Waals surface area (Å²) in [7, 11) is -3.82. The van der Waals surface area contributed by atoms with Crippen molar-refractivity contribution in [3.63, 3.8) is 0 Å². The molecule has 1 aliphatic rings. The van der Waals surface area contributed by atoms with Crippen LogP contribution in [0.4, 0.5) is 0 Å². The van der Waals surface area contributed by atoms with E-state index >= 15 is 0 Å².